The average Bonchev–Trinajstić information content (AvgIpc) is 2.08. The molecule has 10 heavy (non-hydrogen) atoms. The van der Waals surface area contributed by atoms with Crippen LogP contribution in [0.4, 0.5) is 0 Å². The quantitative estimate of drug-likeness (QED) is 0.365. The van der Waals surface area contributed by atoms with Crippen molar-refractivity contribution >= 4 is 65.9 Å². The molecule has 6 heteroatoms. The van der Waals surface area contributed by atoms with Gasteiger partial charge in [0.1, 0.15) is 0 Å². The van der Waals surface area contributed by atoms with Gasteiger partial charge in [0.15, 0.2) is 0 Å². The van der Waals surface area contributed by atoms with Gasteiger partial charge in [0, 0.05) is 0 Å². The third-order valence-electron chi connectivity index (χ3n) is 0.798. The van der Waals surface area contributed by atoms with Gasteiger partial charge >= 0.3 is 70.8 Å². The fourth-order valence-electron chi connectivity index (χ4n) is 0.206. The van der Waals surface area contributed by atoms with Crippen molar-refractivity contribution < 1.29 is 14.5 Å². The first-order valence-corrected chi connectivity index (χ1v) is 15.9. The van der Waals surface area contributed by atoms with E-state index in [9.17, 15) is 4.79 Å². The summed E-state index contributed by atoms with van der Waals surface area (Å²) in [5, 5.41) is 0. The number of rotatable bonds is 0. The molecule has 0 spiro atoms. The molecule has 0 aliphatic carbocycles. The summed E-state index contributed by atoms with van der Waals surface area (Å²) < 4.78 is 4.47. The van der Waals surface area contributed by atoms with Crippen molar-refractivity contribution in [3.05, 3.63) is 0 Å². The van der Waals surface area contributed by atoms with Crippen LogP contribution < -0.4 is 0 Å². The zero-order chi connectivity index (χ0) is 8.36. The van der Waals surface area contributed by atoms with Crippen LogP contribution in [-0.2, 0) is 14.5 Å². The van der Waals surface area contributed by atoms with Gasteiger partial charge in [0.05, 0.1) is 0 Å². The second-order valence-electron chi connectivity index (χ2n) is 2.09. The van der Waals surface area contributed by atoms with Gasteiger partial charge in [-0.1, -0.05) is 0 Å². The predicted octanol–water partition coefficient (Wildman–Crippen LogP) is 2.98. The maximum absolute atomic E-state index is 9.99. The summed E-state index contributed by atoms with van der Waals surface area (Å²) >= 11 is 7.39. The van der Waals surface area contributed by atoms with Gasteiger partial charge in [-0.15, -0.1) is 0 Å². The first-order chi connectivity index (χ1) is 4.36. The molecular formula is C4H6I3O2V. The molecule has 1 saturated heterocycles. The first-order valence-electron chi connectivity index (χ1n) is 2.37. The maximum atomic E-state index is 9.99. The zero-order valence-electron chi connectivity index (χ0n) is 5.40. The van der Waals surface area contributed by atoms with E-state index in [-0.39, 0.29) is 10.9 Å². The monoisotopic (exact) mass is 518 g/mol. The molecule has 0 atom stereocenters. The minimum absolute atomic E-state index is 0.0949. The summed E-state index contributed by atoms with van der Waals surface area (Å²) in [6.07, 6.45) is 0. The number of hydrogen-bond acceptors (Lipinski definition) is 2. The third kappa shape index (κ3) is 6.92. The third-order valence-corrected chi connectivity index (χ3v) is 0.798. The normalized spacial score (nSPS) is 19.2. The van der Waals surface area contributed by atoms with Crippen LogP contribution in [-0.4, -0.2) is 11.6 Å². The molecule has 1 aliphatic rings. The van der Waals surface area contributed by atoms with Gasteiger partial charge in [-0.05, 0) is 13.8 Å². The van der Waals surface area contributed by atoms with Crippen LogP contribution in [0.3, 0.4) is 0 Å². The van der Waals surface area contributed by atoms with Crippen LogP contribution in [0, 0.1) is 0 Å². The van der Waals surface area contributed by atoms with Crippen LogP contribution in [0.2, 0.25) is 0 Å². The summed E-state index contributed by atoms with van der Waals surface area (Å²) in [7, 11) is 0. The first kappa shape index (κ1) is 12.2. The van der Waals surface area contributed by atoms with E-state index >= 15 is 0 Å². The van der Waals surface area contributed by atoms with Gasteiger partial charge in [0.2, 0.25) is 5.60 Å². The number of ether oxygens (including phenoxy) is 1. The van der Waals surface area contributed by atoms with Gasteiger partial charge in [-0.25, -0.2) is 4.79 Å². The van der Waals surface area contributed by atoms with Gasteiger partial charge in [-0.2, -0.15) is 0 Å². The van der Waals surface area contributed by atoms with Gasteiger partial charge < -0.3 is 4.74 Å². The van der Waals surface area contributed by atoms with Gasteiger partial charge in [-0.3, -0.25) is 0 Å². The van der Waals surface area contributed by atoms with E-state index in [4.69, 9.17) is 0 Å². The molecule has 1 fully saturated rings. The van der Waals surface area contributed by atoms with E-state index in [1.807, 2.05) is 0 Å². The molecule has 1 rings (SSSR count). The molecule has 0 amide bonds. The van der Waals surface area contributed by atoms with Crippen molar-refractivity contribution in [2.45, 2.75) is 19.4 Å². The molecule has 0 aromatic carbocycles. The number of halogens is 3. The van der Waals surface area contributed by atoms with Crippen molar-refractivity contribution in [3.8, 4) is 0 Å². The van der Waals surface area contributed by atoms with Crippen molar-refractivity contribution in [3.63, 3.8) is 0 Å². The summed E-state index contributed by atoms with van der Waals surface area (Å²) in [5.41, 5.74) is -0.431. The van der Waals surface area contributed by atoms with E-state index in [2.05, 4.69) is 64.7 Å². The fourth-order valence-corrected chi connectivity index (χ4v) is 0.206. The summed E-state index contributed by atoms with van der Waals surface area (Å²) in [6, 6.07) is 0. The second-order valence-corrected chi connectivity index (χ2v) is 37.5. The van der Waals surface area contributed by atoms with Crippen LogP contribution in [0.15, 0.2) is 0 Å². The van der Waals surface area contributed by atoms with Crippen molar-refractivity contribution in [1.82, 2.24) is 0 Å². The molecule has 0 unspecified atom stereocenters. The Morgan fingerprint density at radius 3 is 1.50 bits per heavy atom. The molecule has 0 N–H and O–H groups in total. The number of carbonyl (C=O) groups excluding carboxylic acids is 1. The predicted molar refractivity (Wildman–Crippen MR) is 62.2 cm³/mol. The van der Waals surface area contributed by atoms with E-state index < -0.39 is 5.60 Å². The number of hydrogen-bond donors (Lipinski definition) is 0. The van der Waals surface area contributed by atoms with Gasteiger partial charge in [0.25, 0.3) is 0 Å². The van der Waals surface area contributed by atoms with E-state index in [1.54, 1.807) is 13.8 Å². The molecule has 0 saturated carbocycles. The molecule has 0 radical (unpaired) electrons. The Morgan fingerprint density at radius 1 is 1.40 bits per heavy atom. The van der Waals surface area contributed by atoms with Crippen molar-refractivity contribution in [1.29, 1.82) is 0 Å². The fraction of sp³-hybridized carbons (Fsp3) is 0.750. The minimum atomic E-state index is -0.431. The Labute approximate surface area is 97.9 Å². The molecule has 60 valence electrons. The van der Waals surface area contributed by atoms with Crippen LogP contribution >= 0.6 is 59.9 Å². The molecule has 0 bridgehead atoms. The second kappa shape index (κ2) is 5.08. The number of cyclic esters (lactones) is 1. The van der Waals surface area contributed by atoms with E-state index in [0.717, 1.165) is 0 Å². The summed E-state index contributed by atoms with van der Waals surface area (Å²) in [6.45, 7) is 3.49. The van der Waals surface area contributed by atoms with E-state index in [1.165, 1.54) is 0 Å². The number of epoxide rings is 1. The topological polar surface area (TPSA) is 29.6 Å². The molecule has 2 nitrogen and oxygen atoms in total. The molecule has 1 aliphatic heterocycles. The summed E-state index contributed by atoms with van der Waals surface area (Å²) in [4.78, 5) is 9.71. The number of carbonyl (C=O) groups is 1. The zero-order valence-corrected chi connectivity index (χ0v) is 13.3. The van der Waals surface area contributed by atoms with Crippen LogP contribution in [0.5, 0.6) is 0 Å². The Kier molecular flexibility index (Phi) is 6.22. The Bertz CT molecular complexity index is 134. The van der Waals surface area contributed by atoms with Crippen LogP contribution in [0.1, 0.15) is 13.8 Å². The van der Waals surface area contributed by atoms with Crippen LogP contribution in [0.25, 0.3) is 0 Å². The Balaban J connectivity index is 0.000000180. The molecule has 1 heterocycles. The Morgan fingerprint density at radius 2 is 1.50 bits per heavy atom. The average molecular weight is 518 g/mol. The molecule has 0 aromatic heterocycles. The standard InChI is InChI=1S/C4H6O2.3HI.V/c1-4(2)3(5)6-4;;;;/h1-2H3;3*1H;/q;;;;+3/p-3. The summed E-state index contributed by atoms with van der Waals surface area (Å²) in [5.74, 6) is -0.0949. The van der Waals surface area contributed by atoms with E-state index in [0.29, 0.717) is 0 Å². The molecular weight excluding hydrogens is 512 g/mol. The SMILES string of the molecule is CC1(C)OC1=O.[I][V]([I])[I]. The van der Waals surface area contributed by atoms with Crippen molar-refractivity contribution in [2.24, 2.45) is 0 Å². The Hall–Kier alpha value is 2.24. The molecule has 0 aromatic rings. The van der Waals surface area contributed by atoms with Crippen molar-refractivity contribution in [2.75, 3.05) is 0 Å².